The second-order valence-electron chi connectivity index (χ2n) is 5.66. The van der Waals surface area contributed by atoms with Gasteiger partial charge in [0.1, 0.15) is 12.2 Å². The van der Waals surface area contributed by atoms with E-state index in [2.05, 4.69) is 40.9 Å². The molecule has 0 spiro atoms. The van der Waals surface area contributed by atoms with Crippen LogP contribution in [0.5, 0.6) is 0 Å². The lowest BCUT2D eigenvalue weighted by Gasteiger charge is -2.21. The summed E-state index contributed by atoms with van der Waals surface area (Å²) in [6.45, 7) is 7.32. The summed E-state index contributed by atoms with van der Waals surface area (Å²) < 4.78 is 2.12. The minimum atomic E-state index is 0.131. The molecule has 0 radical (unpaired) electrons. The van der Waals surface area contributed by atoms with E-state index in [-0.39, 0.29) is 5.54 Å². The predicted octanol–water partition coefficient (Wildman–Crippen LogP) is 2.28. The van der Waals surface area contributed by atoms with Crippen LogP contribution in [-0.2, 0) is 6.54 Å². The summed E-state index contributed by atoms with van der Waals surface area (Å²) in [5.41, 5.74) is 0.131. The molecule has 1 N–H and O–H groups in total. The smallest absolute Gasteiger partial charge is 0.141 e. The van der Waals surface area contributed by atoms with E-state index in [1.165, 1.54) is 25.7 Å². The van der Waals surface area contributed by atoms with Crippen molar-refractivity contribution in [2.24, 2.45) is 0 Å². The second-order valence-corrected chi connectivity index (χ2v) is 5.66. The fourth-order valence-electron chi connectivity index (χ4n) is 2.20. The van der Waals surface area contributed by atoms with Gasteiger partial charge in [-0.05, 0) is 33.6 Å². The minimum absolute atomic E-state index is 0.131. The first-order chi connectivity index (χ1) is 7.56. The van der Waals surface area contributed by atoms with Crippen molar-refractivity contribution in [1.82, 2.24) is 20.1 Å². The summed E-state index contributed by atoms with van der Waals surface area (Å²) in [6.07, 6.45) is 6.85. The molecule has 90 valence electrons. The molecule has 0 aliphatic heterocycles. The fraction of sp³-hybridized carbons (Fsp3) is 0.833. The molecule has 0 saturated heterocycles. The van der Waals surface area contributed by atoms with Crippen LogP contribution >= 0.6 is 0 Å². The Morgan fingerprint density at radius 1 is 1.38 bits per heavy atom. The maximum Gasteiger partial charge on any atom is 0.141 e. The number of nitrogens with zero attached hydrogens (tertiary/aromatic N) is 3. The molecule has 16 heavy (non-hydrogen) atoms. The van der Waals surface area contributed by atoms with Crippen LogP contribution in [0, 0.1) is 0 Å². The van der Waals surface area contributed by atoms with Crippen molar-refractivity contribution in [2.45, 2.75) is 64.6 Å². The van der Waals surface area contributed by atoms with Crippen molar-refractivity contribution in [1.29, 1.82) is 0 Å². The zero-order chi connectivity index (χ0) is 11.6. The molecule has 2 rings (SSSR count). The van der Waals surface area contributed by atoms with E-state index in [0.717, 1.165) is 12.4 Å². The molecular formula is C12H22N4. The van der Waals surface area contributed by atoms with E-state index in [1.54, 1.807) is 6.33 Å². The maximum atomic E-state index is 4.36. The average molecular weight is 222 g/mol. The Bertz CT molecular complexity index is 331. The maximum absolute atomic E-state index is 4.36. The number of hydrogen-bond donors (Lipinski definition) is 1. The van der Waals surface area contributed by atoms with Gasteiger partial charge in [0.2, 0.25) is 0 Å². The van der Waals surface area contributed by atoms with E-state index >= 15 is 0 Å². The van der Waals surface area contributed by atoms with Crippen LogP contribution in [0.3, 0.4) is 0 Å². The Kier molecular flexibility index (Phi) is 3.28. The van der Waals surface area contributed by atoms with E-state index < -0.39 is 0 Å². The van der Waals surface area contributed by atoms with Crippen LogP contribution in [0.4, 0.5) is 0 Å². The van der Waals surface area contributed by atoms with Gasteiger partial charge in [-0.2, -0.15) is 5.10 Å². The standard InChI is InChI=1S/C12H22N4/c1-12(2,3)14-8-11-13-9-15-16(11)10-6-4-5-7-10/h9-10,14H,4-8H2,1-3H3. The van der Waals surface area contributed by atoms with E-state index in [9.17, 15) is 0 Å². The Morgan fingerprint density at radius 2 is 2.06 bits per heavy atom. The summed E-state index contributed by atoms with van der Waals surface area (Å²) >= 11 is 0. The fourth-order valence-corrected chi connectivity index (χ4v) is 2.20. The topological polar surface area (TPSA) is 42.7 Å². The van der Waals surface area contributed by atoms with Crippen molar-refractivity contribution in [3.63, 3.8) is 0 Å². The van der Waals surface area contributed by atoms with E-state index in [1.807, 2.05) is 0 Å². The third-order valence-corrected chi connectivity index (χ3v) is 3.09. The molecule has 0 aromatic carbocycles. The Morgan fingerprint density at radius 3 is 2.69 bits per heavy atom. The monoisotopic (exact) mass is 222 g/mol. The second kappa shape index (κ2) is 4.53. The number of hydrogen-bond acceptors (Lipinski definition) is 3. The highest BCUT2D eigenvalue weighted by Gasteiger charge is 2.21. The highest BCUT2D eigenvalue weighted by molar-refractivity contribution is 4.90. The lowest BCUT2D eigenvalue weighted by atomic mass is 10.1. The van der Waals surface area contributed by atoms with Gasteiger partial charge in [0.05, 0.1) is 12.6 Å². The van der Waals surface area contributed by atoms with Crippen LogP contribution in [0.2, 0.25) is 0 Å². The van der Waals surface area contributed by atoms with Crippen LogP contribution in [-0.4, -0.2) is 20.3 Å². The number of aromatic nitrogens is 3. The highest BCUT2D eigenvalue weighted by atomic mass is 15.4. The molecule has 0 atom stereocenters. The molecule has 1 aliphatic carbocycles. The van der Waals surface area contributed by atoms with Gasteiger partial charge in [-0.1, -0.05) is 12.8 Å². The lowest BCUT2D eigenvalue weighted by molar-refractivity contribution is 0.388. The van der Waals surface area contributed by atoms with Gasteiger partial charge in [0.15, 0.2) is 0 Å². The van der Waals surface area contributed by atoms with Crippen LogP contribution < -0.4 is 5.32 Å². The SMILES string of the molecule is CC(C)(C)NCc1ncnn1C1CCCC1. The van der Waals surface area contributed by atoms with Gasteiger partial charge in [-0.25, -0.2) is 9.67 Å². The molecule has 0 unspecified atom stereocenters. The van der Waals surface area contributed by atoms with Crippen molar-refractivity contribution < 1.29 is 0 Å². The van der Waals surface area contributed by atoms with E-state index in [4.69, 9.17) is 0 Å². The third kappa shape index (κ3) is 2.82. The molecule has 4 nitrogen and oxygen atoms in total. The zero-order valence-corrected chi connectivity index (χ0v) is 10.5. The molecule has 1 aromatic heterocycles. The minimum Gasteiger partial charge on any atom is -0.305 e. The molecule has 4 heteroatoms. The predicted molar refractivity (Wildman–Crippen MR) is 64.1 cm³/mol. The van der Waals surface area contributed by atoms with Crippen LogP contribution in [0.25, 0.3) is 0 Å². The molecule has 1 heterocycles. The largest absolute Gasteiger partial charge is 0.305 e. The van der Waals surface area contributed by atoms with Gasteiger partial charge >= 0.3 is 0 Å². The number of nitrogens with one attached hydrogen (secondary N) is 1. The van der Waals surface area contributed by atoms with Crippen molar-refractivity contribution in [3.8, 4) is 0 Å². The van der Waals surface area contributed by atoms with E-state index in [0.29, 0.717) is 6.04 Å². The summed E-state index contributed by atoms with van der Waals surface area (Å²) in [6, 6.07) is 0.583. The molecular weight excluding hydrogens is 200 g/mol. The van der Waals surface area contributed by atoms with Gasteiger partial charge < -0.3 is 5.32 Å². The van der Waals surface area contributed by atoms with Gasteiger partial charge in [-0.15, -0.1) is 0 Å². The van der Waals surface area contributed by atoms with Crippen molar-refractivity contribution in [3.05, 3.63) is 12.2 Å². The Labute approximate surface area is 97.5 Å². The van der Waals surface area contributed by atoms with Crippen molar-refractivity contribution in [2.75, 3.05) is 0 Å². The summed E-state index contributed by atoms with van der Waals surface area (Å²) in [4.78, 5) is 4.35. The molecule has 0 amide bonds. The van der Waals surface area contributed by atoms with Crippen molar-refractivity contribution >= 4 is 0 Å². The van der Waals surface area contributed by atoms with Crippen LogP contribution in [0.15, 0.2) is 6.33 Å². The van der Waals surface area contributed by atoms with Crippen LogP contribution in [0.1, 0.15) is 58.3 Å². The first-order valence-corrected chi connectivity index (χ1v) is 6.20. The van der Waals surface area contributed by atoms with Gasteiger partial charge in [-0.3, -0.25) is 0 Å². The average Bonchev–Trinajstić information content (AvgIpc) is 2.84. The quantitative estimate of drug-likeness (QED) is 0.853. The first-order valence-electron chi connectivity index (χ1n) is 6.20. The molecule has 1 fully saturated rings. The van der Waals surface area contributed by atoms with Gasteiger partial charge in [0, 0.05) is 5.54 Å². The summed E-state index contributed by atoms with van der Waals surface area (Å²) in [7, 11) is 0. The normalized spacial score (nSPS) is 18.2. The zero-order valence-electron chi connectivity index (χ0n) is 10.5. The molecule has 0 bridgehead atoms. The number of rotatable bonds is 3. The first kappa shape index (κ1) is 11.6. The Balaban J connectivity index is 2.01. The van der Waals surface area contributed by atoms with Gasteiger partial charge in [0.25, 0.3) is 0 Å². The summed E-state index contributed by atoms with van der Waals surface area (Å²) in [5, 5.41) is 7.83. The highest BCUT2D eigenvalue weighted by Crippen LogP contribution is 2.29. The molecule has 1 saturated carbocycles. The molecule has 1 aromatic rings. The Hall–Kier alpha value is -0.900. The molecule has 1 aliphatic rings. The third-order valence-electron chi connectivity index (χ3n) is 3.09. The summed E-state index contributed by atoms with van der Waals surface area (Å²) in [5.74, 6) is 1.07. The lowest BCUT2D eigenvalue weighted by Crippen LogP contribution is -2.36.